The number of carbonyl (C=O) groups is 1. The predicted molar refractivity (Wildman–Crippen MR) is 145 cm³/mol. The van der Waals surface area contributed by atoms with E-state index in [1.54, 1.807) is 28.4 Å². The van der Waals surface area contributed by atoms with Gasteiger partial charge in [0.05, 0.1) is 34.9 Å². The molecule has 36 heavy (non-hydrogen) atoms. The fourth-order valence-corrected chi connectivity index (χ4v) is 4.54. The van der Waals surface area contributed by atoms with E-state index in [-0.39, 0.29) is 18.3 Å². The Morgan fingerprint density at radius 2 is 1.56 bits per heavy atom. The third-order valence-corrected chi connectivity index (χ3v) is 6.51. The average molecular weight is 519 g/mol. The Balaban J connectivity index is 0.00000456. The van der Waals surface area contributed by atoms with Gasteiger partial charge in [-0.25, -0.2) is 0 Å². The van der Waals surface area contributed by atoms with Crippen LogP contribution in [0.2, 0.25) is 0 Å². The van der Waals surface area contributed by atoms with E-state index in [1.165, 1.54) is 5.56 Å². The van der Waals surface area contributed by atoms with Crippen LogP contribution in [0.5, 0.6) is 23.0 Å². The van der Waals surface area contributed by atoms with Crippen LogP contribution in [0.3, 0.4) is 0 Å². The maximum Gasteiger partial charge on any atom is 0.227 e. The number of rotatable bonds is 13. The van der Waals surface area contributed by atoms with Gasteiger partial charge in [-0.05, 0) is 60.2 Å². The Labute approximate surface area is 221 Å². The highest BCUT2D eigenvalue weighted by molar-refractivity contribution is 5.85. The van der Waals surface area contributed by atoms with Crippen molar-refractivity contribution in [3.63, 3.8) is 0 Å². The summed E-state index contributed by atoms with van der Waals surface area (Å²) in [7, 11) is 6.56. The van der Waals surface area contributed by atoms with Crippen molar-refractivity contribution in [2.75, 3.05) is 61.2 Å². The second-order valence-corrected chi connectivity index (χ2v) is 8.67. The average Bonchev–Trinajstić information content (AvgIpc) is 3.03. The molecule has 1 aliphatic heterocycles. The summed E-state index contributed by atoms with van der Waals surface area (Å²) in [6.45, 7) is 7.99. The van der Waals surface area contributed by atoms with E-state index in [1.807, 2.05) is 35.2 Å². The minimum Gasteiger partial charge on any atom is -0.493 e. The largest absolute Gasteiger partial charge is 0.493 e. The van der Waals surface area contributed by atoms with E-state index < -0.39 is 0 Å². The van der Waals surface area contributed by atoms with E-state index >= 15 is 0 Å². The van der Waals surface area contributed by atoms with Crippen LogP contribution in [0, 0.1) is 0 Å². The van der Waals surface area contributed by atoms with E-state index in [9.17, 15) is 4.79 Å². The van der Waals surface area contributed by atoms with Gasteiger partial charge in [-0.15, -0.1) is 19.0 Å². The minimum atomic E-state index is 0. The second kappa shape index (κ2) is 14.6. The van der Waals surface area contributed by atoms with Crippen molar-refractivity contribution in [2.45, 2.75) is 25.7 Å². The van der Waals surface area contributed by atoms with Gasteiger partial charge in [0, 0.05) is 32.7 Å². The van der Waals surface area contributed by atoms with E-state index in [0.29, 0.717) is 24.5 Å². The Kier molecular flexibility index (Phi) is 11.9. The molecule has 0 saturated carbocycles. The van der Waals surface area contributed by atoms with Crippen LogP contribution in [-0.2, 0) is 24.1 Å². The molecule has 0 saturated heterocycles. The molecule has 2 aromatic carbocycles. The molecule has 0 aromatic heterocycles. The fourth-order valence-electron chi connectivity index (χ4n) is 4.54. The third kappa shape index (κ3) is 7.55. The fraction of sp³-hybridized carbons (Fsp3) is 0.464. The summed E-state index contributed by atoms with van der Waals surface area (Å²) in [5.41, 5.74) is 3.38. The van der Waals surface area contributed by atoms with Gasteiger partial charge in [-0.3, -0.25) is 9.69 Å². The molecule has 1 aliphatic rings. The molecule has 0 aliphatic carbocycles. The van der Waals surface area contributed by atoms with Crippen molar-refractivity contribution >= 4 is 18.3 Å². The summed E-state index contributed by atoms with van der Waals surface area (Å²) in [5, 5.41) is 0. The van der Waals surface area contributed by atoms with Gasteiger partial charge in [0.2, 0.25) is 5.91 Å². The summed E-state index contributed by atoms with van der Waals surface area (Å²) in [6, 6.07) is 9.99. The summed E-state index contributed by atoms with van der Waals surface area (Å²) < 4.78 is 21.6. The normalized spacial score (nSPS) is 12.9. The van der Waals surface area contributed by atoms with Gasteiger partial charge >= 0.3 is 0 Å². The summed E-state index contributed by atoms with van der Waals surface area (Å²) in [4.78, 5) is 17.3. The zero-order chi connectivity index (χ0) is 25.2. The number of amides is 1. The number of hydrogen-bond acceptors (Lipinski definition) is 6. The third-order valence-electron chi connectivity index (χ3n) is 6.51. The molecular weight excluding hydrogens is 480 g/mol. The molecule has 0 radical (unpaired) electrons. The maximum absolute atomic E-state index is 13.0. The maximum atomic E-state index is 13.0. The molecule has 1 heterocycles. The molecule has 2 aromatic rings. The van der Waals surface area contributed by atoms with Crippen LogP contribution in [0.25, 0.3) is 0 Å². The lowest BCUT2D eigenvalue weighted by atomic mass is 10.0. The SMILES string of the molecule is C=CCN(CCCN1CCc2cc(OC)c(OC)cc2CC1=O)CCc1ccc(OC)c(OC)c1.Cl. The van der Waals surface area contributed by atoms with Crippen LogP contribution >= 0.6 is 12.4 Å². The first-order valence-electron chi connectivity index (χ1n) is 12.1. The summed E-state index contributed by atoms with van der Waals surface area (Å²) in [5.74, 6) is 3.02. The molecule has 0 fully saturated rings. The Bertz CT molecular complexity index is 1010. The summed E-state index contributed by atoms with van der Waals surface area (Å²) in [6.07, 6.45) is 4.95. The smallest absolute Gasteiger partial charge is 0.227 e. The van der Waals surface area contributed by atoms with E-state index in [0.717, 1.165) is 68.1 Å². The second-order valence-electron chi connectivity index (χ2n) is 8.67. The van der Waals surface area contributed by atoms with Crippen LogP contribution in [0.15, 0.2) is 43.0 Å². The Morgan fingerprint density at radius 1 is 0.917 bits per heavy atom. The first kappa shape index (κ1) is 29.3. The highest BCUT2D eigenvalue weighted by Gasteiger charge is 2.22. The molecule has 0 unspecified atom stereocenters. The summed E-state index contributed by atoms with van der Waals surface area (Å²) >= 11 is 0. The number of carbonyl (C=O) groups excluding carboxylic acids is 1. The Morgan fingerprint density at radius 3 is 2.19 bits per heavy atom. The number of fused-ring (bicyclic) bond motifs is 1. The van der Waals surface area contributed by atoms with Gasteiger partial charge in [0.25, 0.3) is 0 Å². The zero-order valence-electron chi connectivity index (χ0n) is 21.9. The molecule has 1 amide bonds. The molecule has 8 heteroatoms. The van der Waals surface area contributed by atoms with Crippen molar-refractivity contribution in [3.05, 3.63) is 59.7 Å². The van der Waals surface area contributed by atoms with Crippen LogP contribution in [-0.4, -0.2) is 76.9 Å². The quantitative estimate of drug-likeness (QED) is 0.371. The topological polar surface area (TPSA) is 60.5 Å². The molecule has 3 rings (SSSR count). The van der Waals surface area contributed by atoms with Crippen LogP contribution in [0.4, 0.5) is 0 Å². The number of methoxy groups -OCH3 is 4. The predicted octanol–water partition coefficient (Wildman–Crippen LogP) is 4.19. The van der Waals surface area contributed by atoms with Gasteiger partial charge in [0.1, 0.15) is 0 Å². The van der Waals surface area contributed by atoms with Crippen LogP contribution in [0.1, 0.15) is 23.1 Å². The van der Waals surface area contributed by atoms with Gasteiger partial charge < -0.3 is 23.8 Å². The monoisotopic (exact) mass is 518 g/mol. The number of nitrogens with zero attached hydrogens (tertiary/aromatic N) is 2. The number of hydrogen-bond donors (Lipinski definition) is 0. The Hall–Kier alpha value is -2.90. The van der Waals surface area contributed by atoms with E-state index in [4.69, 9.17) is 18.9 Å². The lowest BCUT2D eigenvalue weighted by Crippen LogP contribution is -2.36. The molecule has 0 bridgehead atoms. The van der Waals surface area contributed by atoms with Crippen molar-refractivity contribution in [1.82, 2.24) is 9.80 Å². The highest BCUT2D eigenvalue weighted by Crippen LogP contribution is 2.32. The molecule has 0 N–H and O–H groups in total. The van der Waals surface area contributed by atoms with E-state index in [2.05, 4.69) is 17.5 Å². The van der Waals surface area contributed by atoms with Crippen molar-refractivity contribution < 1.29 is 23.7 Å². The number of halogens is 1. The highest BCUT2D eigenvalue weighted by atomic mass is 35.5. The lowest BCUT2D eigenvalue weighted by molar-refractivity contribution is -0.130. The van der Waals surface area contributed by atoms with Crippen LogP contribution < -0.4 is 18.9 Å². The van der Waals surface area contributed by atoms with Gasteiger partial charge in [-0.1, -0.05) is 12.1 Å². The first-order chi connectivity index (χ1) is 17.0. The first-order valence-corrected chi connectivity index (χ1v) is 12.1. The van der Waals surface area contributed by atoms with Crippen molar-refractivity contribution in [1.29, 1.82) is 0 Å². The molecule has 7 nitrogen and oxygen atoms in total. The minimum absolute atomic E-state index is 0. The lowest BCUT2D eigenvalue weighted by Gasteiger charge is -2.24. The standard InChI is InChI=1S/C28H38N2O5.ClH/c1-6-12-29(15-10-21-8-9-24(32-2)25(17-21)33-3)13-7-14-30-16-11-22-18-26(34-4)27(35-5)19-23(22)20-28(30)31;/h6,8-9,17-19H,1,7,10-16,20H2,2-5H3;1H. The van der Waals surface area contributed by atoms with Crippen molar-refractivity contribution in [3.8, 4) is 23.0 Å². The van der Waals surface area contributed by atoms with Gasteiger partial charge in [0.15, 0.2) is 23.0 Å². The van der Waals surface area contributed by atoms with Crippen molar-refractivity contribution in [2.24, 2.45) is 0 Å². The van der Waals surface area contributed by atoms with Gasteiger partial charge in [-0.2, -0.15) is 0 Å². The molecule has 198 valence electrons. The zero-order valence-corrected chi connectivity index (χ0v) is 22.7. The number of ether oxygens (including phenoxy) is 4. The molecule has 0 atom stereocenters. The molecular formula is C28H39ClN2O5. The number of benzene rings is 2. The molecule has 0 spiro atoms.